The average molecular weight is 297 g/mol. The molecule has 3 aromatic rings. The molecule has 0 aliphatic heterocycles. The predicted molar refractivity (Wildman–Crippen MR) is 88.3 cm³/mol. The second-order valence-corrected chi connectivity index (χ2v) is 6.25. The quantitative estimate of drug-likeness (QED) is 0.722. The highest BCUT2D eigenvalue weighted by Gasteiger charge is 2.00. The summed E-state index contributed by atoms with van der Waals surface area (Å²) in [6.07, 6.45) is 2.90. The molecular weight excluding hydrogens is 278 g/mol. The van der Waals surface area contributed by atoms with Crippen LogP contribution in [-0.2, 0) is 19.5 Å². The monoisotopic (exact) mass is 297 g/mol. The topological polar surface area (TPSA) is 40.7 Å². The SMILES string of the molecule is CCc1ccc(CNCc2ccc(-c3ccn[nH]3)cc2)s1. The van der Waals surface area contributed by atoms with Gasteiger partial charge >= 0.3 is 0 Å². The molecule has 0 saturated carbocycles. The van der Waals surface area contributed by atoms with E-state index >= 15 is 0 Å². The number of aryl methyl sites for hydroxylation is 1. The van der Waals surface area contributed by atoms with Crippen LogP contribution in [-0.4, -0.2) is 10.2 Å². The molecule has 0 amide bonds. The van der Waals surface area contributed by atoms with Crippen molar-refractivity contribution in [2.24, 2.45) is 0 Å². The van der Waals surface area contributed by atoms with Crippen molar-refractivity contribution in [3.8, 4) is 11.3 Å². The second-order valence-electron chi connectivity index (χ2n) is 4.99. The van der Waals surface area contributed by atoms with Crippen LogP contribution in [0, 0.1) is 0 Å². The highest BCUT2D eigenvalue weighted by molar-refractivity contribution is 7.11. The van der Waals surface area contributed by atoms with Gasteiger partial charge in [-0.25, -0.2) is 0 Å². The van der Waals surface area contributed by atoms with Crippen LogP contribution in [0.1, 0.15) is 22.2 Å². The zero-order chi connectivity index (χ0) is 14.5. The van der Waals surface area contributed by atoms with E-state index in [-0.39, 0.29) is 0 Å². The molecule has 2 aromatic heterocycles. The maximum atomic E-state index is 3.98. The molecule has 0 aliphatic rings. The molecule has 108 valence electrons. The van der Waals surface area contributed by atoms with Crippen LogP contribution >= 0.6 is 11.3 Å². The Balaban J connectivity index is 1.53. The Labute approximate surface area is 129 Å². The van der Waals surface area contributed by atoms with Gasteiger partial charge in [0.25, 0.3) is 0 Å². The molecule has 4 heteroatoms. The van der Waals surface area contributed by atoms with E-state index in [1.54, 1.807) is 6.20 Å². The van der Waals surface area contributed by atoms with Gasteiger partial charge in [-0.15, -0.1) is 11.3 Å². The van der Waals surface area contributed by atoms with Crippen molar-refractivity contribution >= 4 is 11.3 Å². The molecule has 0 saturated heterocycles. The van der Waals surface area contributed by atoms with Crippen molar-refractivity contribution in [2.75, 3.05) is 0 Å². The summed E-state index contributed by atoms with van der Waals surface area (Å²) in [4.78, 5) is 2.86. The largest absolute Gasteiger partial charge is 0.308 e. The van der Waals surface area contributed by atoms with E-state index in [4.69, 9.17) is 0 Å². The van der Waals surface area contributed by atoms with Crippen LogP contribution < -0.4 is 5.32 Å². The first-order chi connectivity index (χ1) is 10.3. The number of aromatic nitrogens is 2. The molecule has 0 atom stereocenters. The zero-order valence-corrected chi connectivity index (χ0v) is 12.9. The number of nitrogens with one attached hydrogen (secondary N) is 2. The number of benzene rings is 1. The third-order valence-electron chi connectivity index (χ3n) is 3.46. The first-order valence-corrected chi connectivity index (χ1v) is 8.04. The van der Waals surface area contributed by atoms with E-state index in [1.807, 2.05) is 17.4 Å². The third-order valence-corrected chi connectivity index (χ3v) is 4.69. The average Bonchev–Trinajstić information content (AvgIpc) is 3.19. The highest BCUT2D eigenvalue weighted by atomic mass is 32.1. The van der Waals surface area contributed by atoms with Crippen molar-refractivity contribution in [2.45, 2.75) is 26.4 Å². The lowest BCUT2D eigenvalue weighted by Gasteiger charge is -2.05. The van der Waals surface area contributed by atoms with E-state index in [0.29, 0.717) is 0 Å². The number of thiophene rings is 1. The predicted octanol–water partition coefficient (Wildman–Crippen LogP) is 3.99. The molecule has 2 heterocycles. The van der Waals surface area contributed by atoms with Crippen LogP contribution in [0.15, 0.2) is 48.7 Å². The van der Waals surface area contributed by atoms with Crippen molar-refractivity contribution in [3.63, 3.8) is 0 Å². The number of hydrogen-bond acceptors (Lipinski definition) is 3. The first kappa shape index (κ1) is 14.0. The number of nitrogens with zero attached hydrogens (tertiary/aromatic N) is 1. The van der Waals surface area contributed by atoms with Gasteiger partial charge in [0.15, 0.2) is 0 Å². The van der Waals surface area contributed by atoms with Crippen LogP contribution in [0.5, 0.6) is 0 Å². The summed E-state index contributed by atoms with van der Waals surface area (Å²) in [5.41, 5.74) is 3.52. The summed E-state index contributed by atoms with van der Waals surface area (Å²) >= 11 is 1.90. The van der Waals surface area contributed by atoms with Crippen LogP contribution in [0.2, 0.25) is 0 Å². The van der Waals surface area contributed by atoms with Gasteiger partial charge in [0.1, 0.15) is 0 Å². The Kier molecular flexibility index (Phi) is 4.48. The van der Waals surface area contributed by atoms with Gasteiger partial charge < -0.3 is 5.32 Å². The van der Waals surface area contributed by atoms with Crippen molar-refractivity contribution in [1.82, 2.24) is 15.5 Å². The van der Waals surface area contributed by atoms with Gasteiger partial charge in [0.2, 0.25) is 0 Å². The van der Waals surface area contributed by atoms with E-state index in [2.05, 4.69) is 58.8 Å². The lowest BCUT2D eigenvalue weighted by molar-refractivity contribution is 0.701. The smallest absolute Gasteiger partial charge is 0.0650 e. The lowest BCUT2D eigenvalue weighted by Crippen LogP contribution is -2.11. The molecule has 2 N–H and O–H groups in total. The van der Waals surface area contributed by atoms with E-state index in [1.165, 1.54) is 20.9 Å². The van der Waals surface area contributed by atoms with E-state index in [0.717, 1.165) is 25.2 Å². The van der Waals surface area contributed by atoms with E-state index in [9.17, 15) is 0 Å². The fourth-order valence-corrected chi connectivity index (χ4v) is 3.18. The minimum atomic E-state index is 0.891. The number of aromatic amines is 1. The van der Waals surface area contributed by atoms with Crippen LogP contribution in [0.25, 0.3) is 11.3 Å². The molecule has 0 spiro atoms. The molecule has 0 aliphatic carbocycles. The Hall–Kier alpha value is -1.91. The minimum Gasteiger partial charge on any atom is -0.308 e. The van der Waals surface area contributed by atoms with Gasteiger partial charge in [-0.1, -0.05) is 31.2 Å². The summed E-state index contributed by atoms with van der Waals surface area (Å²) in [5.74, 6) is 0. The molecule has 0 fully saturated rings. The van der Waals surface area contributed by atoms with Crippen molar-refractivity contribution in [3.05, 3.63) is 64.0 Å². The van der Waals surface area contributed by atoms with Gasteiger partial charge in [0, 0.05) is 29.0 Å². The van der Waals surface area contributed by atoms with Crippen molar-refractivity contribution < 1.29 is 0 Å². The fourth-order valence-electron chi connectivity index (χ4n) is 2.26. The third kappa shape index (κ3) is 3.60. The molecule has 0 radical (unpaired) electrons. The molecule has 1 aromatic carbocycles. The van der Waals surface area contributed by atoms with Crippen LogP contribution in [0.4, 0.5) is 0 Å². The first-order valence-electron chi connectivity index (χ1n) is 7.22. The van der Waals surface area contributed by atoms with Gasteiger partial charge in [-0.05, 0) is 35.7 Å². The normalized spacial score (nSPS) is 10.9. The Morgan fingerprint density at radius 3 is 2.48 bits per heavy atom. The Bertz CT molecular complexity index is 668. The fraction of sp³-hybridized carbons (Fsp3) is 0.235. The van der Waals surface area contributed by atoms with Crippen LogP contribution in [0.3, 0.4) is 0 Å². The zero-order valence-electron chi connectivity index (χ0n) is 12.1. The molecule has 0 bridgehead atoms. The Morgan fingerprint density at radius 2 is 1.81 bits per heavy atom. The molecule has 21 heavy (non-hydrogen) atoms. The maximum Gasteiger partial charge on any atom is 0.0650 e. The summed E-state index contributed by atoms with van der Waals surface area (Å²) in [7, 11) is 0. The van der Waals surface area contributed by atoms with Gasteiger partial charge in [0.05, 0.1) is 5.69 Å². The second kappa shape index (κ2) is 6.70. The Morgan fingerprint density at radius 1 is 1.00 bits per heavy atom. The summed E-state index contributed by atoms with van der Waals surface area (Å²) < 4.78 is 0. The summed E-state index contributed by atoms with van der Waals surface area (Å²) in [5, 5.41) is 10.5. The molecule has 3 rings (SSSR count). The molecule has 0 unspecified atom stereocenters. The summed E-state index contributed by atoms with van der Waals surface area (Å²) in [6, 6.07) is 15.0. The lowest BCUT2D eigenvalue weighted by atomic mass is 10.1. The number of rotatable bonds is 6. The maximum absolute atomic E-state index is 3.98. The van der Waals surface area contributed by atoms with E-state index < -0.39 is 0 Å². The van der Waals surface area contributed by atoms with Gasteiger partial charge in [-0.2, -0.15) is 5.10 Å². The number of H-pyrrole nitrogens is 1. The highest BCUT2D eigenvalue weighted by Crippen LogP contribution is 2.18. The summed E-state index contributed by atoms with van der Waals surface area (Å²) in [6.45, 7) is 4.03. The van der Waals surface area contributed by atoms with Gasteiger partial charge in [-0.3, -0.25) is 5.10 Å². The minimum absolute atomic E-state index is 0.891. The standard InChI is InChI=1S/C17H19N3S/c1-2-15-7-8-16(21-15)12-18-11-13-3-5-14(6-4-13)17-9-10-19-20-17/h3-10,18H,2,11-12H2,1H3,(H,19,20). The van der Waals surface area contributed by atoms with Crippen molar-refractivity contribution in [1.29, 1.82) is 0 Å². The molecule has 3 nitrogen and oxygen atoms in total. The molecular formula is C17H19N3S. The number of hydrogen-bond donors (Lipinski definition) is 2.